The maximum Gasteiger partial charge on any atom is 0.0454 e. The van der Waals surface area contributed by atoms with Crippen molar-refractivity contribution >= 4 is 29.0 Å². The Morgan fingerprint density at radius 3 is 2.75 bits per heavy atom. The Balaban J connectivity index is 0.00000147. The van der Waals surface area contributed by atoms with Gasteiger partial charge in [-0.3, -0.25) is 0 Å². The molecule has 2 aromatic carbocycles. The SMILES string of the molecule is CCc1ccccc1NCc1ccc2[nH]ccc2c1.Cl. The van der Waals surface area contributed by atoms with Crippen LogP contribution in [0.5, 0.6) is 0 Å². The first kappa shape index (κ1) is 14.5. The van der Waals surface area contributed by atoms with E-state index in [9.17, 15) is 0 Å². The van der Waals surface area contributed by atoms with Gasteiger partial charge in [0.05, 0.1) is 0 Å². The molecule has 0 atom stereocenters. The van der Waals surface area contributed by atoms with E-state index in [0.29, 0.717) is 0 Å². The van der Waals surface area contributed by atoms with Crippen LogP contribution < -0.4 is 5.32 Å². The van der Waals surface area contributed by atoms with Crippen LogP contribution in [0.4, 0.5) is 5.69 Å². The van der Waals surface area contributed by atoms with Crippen molar-refractivity contribution < 1.29 is 0 Å². The summed E-state index contributed by atoms with van der Waals surface area (Å²) in [6.07, 6.45) is 3.04. The molecule has 104 valence electrons. The van der Waals surface area contributed by atoms with E-state index in [0.717, 1.165) is 13.0 Å². The molecule has 3 heteroatoms. The summed E-state index contributed by atoms with van der Waals surface area (Å²) in [4.78, 5) is 3.22. The lowest BCUT2D eigenvalue weighted by Crippen LogP contribution is -2.01. The van der Waals surface area contributed by atoms with Crippen LogP contribution in [-0.4, -0.2) is 4.98 Å². The normalized spacial score (nSPS) is 10.2. The van der Waals surface area contributed by atoms with Gasteiger partial charge >= 0.3 is 0 Å². The van der Waals surface area contributed by atoms with E-state index < -0.39 is 0 Å². The zero-order valence-corrected chi connectivity index (χ0v) is 12.3. The Kier molecular flexibility index (Phi) is 4.70. The molecule has 0 amide bonds. The van der Waals surface area contributed by atoms with Gasteiger partial charge in [-0.05, 0) is 47.2 Å². The van der Waals surface area contributed by atoms with Gasteiger partial charge in [0, 0.05) is 23.9 Å². The number of aryl methyl sites for hydroxylation is 1. The van der Waals surface area contributed by atoms with Crippen LogP contribution >= 0.6 is 12.4 Å². The van der Waals surface area contributed by atoms with Crippen LogP contribution in [0, 0.1) is 0 Å². The fraction of sp³-hybridized carbons (Fsp3) is 0.176. The minimum absolute atomic E-state index is 0. The molecule has 0 bridgehead atoms. The third-order valence-corrected chi connectivity index (χ3v) is 3.50. The Morgan fingerprint density at radius 2 is 1.90 bits per heavy atom. The lowest BCUT2D eigenvalue weighted by molar-refractivity contribution is 1.09. The van der Waals surface area contributed by atoms with E-state index in [4.69, 9.17) is 0 Å². The summed E-state index contributed by atoms with van der Waals surface area (Å²) in [5.41, 5.74) is 5.10. The summed E-state index contributed by atoms with van der Waals surface area (Å²) >= 11 is 0. The Hall–Kier alpha value is -1.93. The van der Waals surface area contributed by atoms with E-state index in [1.807, 2.05) is 6.20 Å². The second kappa shape index (κ2) is 6.49. The van der Waals surface area contributed by atoms with Crippen molar-refractivity contribution in [3.05, 3.63) is 65.9 Å². The van der Waals surface area contributed by atoms with Gasteiger partial charge in [-0.2, -0.15) is 0 Å². The van der Waals surface area contributed by atoms with E-state index in [-0.39, 0.29) is 12.4 Å². The zero-order chi connectivity index (χ0) is 13.1. The first-order valence-corrected chi connectivity index (χ1v) is 6.74. The van der Waals surface area contributed by atoms with Gasteiger partial charge in [-0.1, -0.05) is 31.2 Å². The Bertz CT molecular complexity index is 688. The topological polar surface area (TPSA) is 27.8 Å². The third-order valence-electron chi connectivity index (χ3n) is 3.50. The highest BCUT2D eigenvalue weighted by atomic mass is 35.5. The second-order valence-corrected chi connectivity index (χ2v) is 4.76. The van der Waals surface area contributed by atoms with Gasteiger partial charge < -0.3 is 10.3 Å². The minimum Gasteiger partial charge on any atom is -0.381 e. The molecule has 0 aliphatic heterocycles. The largest absolute Gasteiger partial charge is 0.381 e. The lowest BCUT2D eigenvalue weighted by Gasteiger charge is -2.11. The van der Waals surface area contributed by atoms with E-state index in [2.05, 4.69) is 65.8 Å². The molecule has 0 unspecified atom stereocenters. The summed E-state index contributed by atoms with van der Waals surface area (Å²) < 4.78 is 0. The maximum absolute atomic E-state index is 3.53. The molecule has 0 saturated heterocycles. The number of H-pyrrole nitrogens is 1. The van der Waals surface area contributed by atoms with Crippen molar-refractivity contribution in [2.45, 2.75) is 19.9 Å². The second-order valence-electron chi connectivity index (χ2n) is 4.76. The maximum atomic E-state index is 3.53. The number of halogens is 1. The summed E-state index contributed by atoms with van der Waals surface area (Å²) in [6, 6.07) is 17.1. The third kappa shape index (κ3) is 2.97. The number of fused-ring (bicyclic) bond motifs is 1. The predicted molar refractivity (Wildman–Crippen MR) is 88.7 cm³/mol. The molecule has 0 aliphatic carbocycles. The van der Waals surface area contributed by atoms with Gasteiger partial charge in [-0.15, -0.1) is 12.4 Å². The van der Waals surface area contributed by atoms with E-state index >= 15 is 0 Å². The molecule has 0 spiro atoms. The molecule has 3 aromatic rings. The molecule has 2 N–H and O–H groups in total. The van der Waals surface area contributed by atoms with E-state index in [1.54, 1.807) is 0 Å². The molecule has 3 rings (SSSR count). The van der Waals surface area contributed by atoms with Crippen molar-refractivity contribution in [1.82, 2.24) is 4.98 Å². The van der Waals surface area contributed by atoms with Crippen molar-refractivity contribution in [2.75, 3.05) is 5.32 Å². The van der Waals surface area contributed by atoms with Crippen LogP contribution in [0.3, 0.4) is 0 Å². The standard InChI is InChI=1S/C17H18N2.ClH/c1-2-14-5-3-4-6-16(14)19-12-13-7-8-17-15(11-13)9-10-18-17;/h3-11,18-19H,2,12H2,1H3;1H. The Labute approximate surface area is 125 Å². The quantitative estimate of drug-likeness (QED) is 0.711. The van der Waals surface area contributed by atoms with Gasteiger partial charge in [0.1, 0.15) is 0 Å². The predicted octanol–water partition coefficient (Wildman–Crippen LogP) is 4.76. The fourth-order valence-corrected chi connectivity index (χ4v) is 2.41. The van der Waals surface area contributed by atoms with Gasteiger partial charge in [0.15, 0.2) is 0 Å². The number of hydrogen-bond acceptors (Lipinski definition) is 1. The van der Waals surface area contributed by atoms with E-state index in [1.165, 1.54) is 27.7 Å². The highest BCUT2D eigenvalue weighted by Crippen LogP contribution is 2.18. The number of hydrogen-bond donors (Lipinski definition) is 2. The number of aromatic amines is 1. The van der Waals surface area contributed by atoms with Crippen molar-refractivity contribution in [3.63, 3.8) is 0 Å². The fourth-order valence-electron chi connectivity index (χ4n) is 2.41. The number of rotatable bonds is 4. The summed E-state index contributed by atoms with van der Waals surface area (Å²) in [5, 5.41) is 4.79. The monoisotopic (exact) mass is 286 g/mol. The van der Waals surface area contributed by atoms with Gasteiger partial charge in [0.2, 0.25) is 0 Å². The number of benzene rings is 2. The summed E-state index contributed by atoms with van der Waals surface area (Å²) in [7, 11) is 0. The highest BCUT2D eigenvalue weighted by molar-refractivity contribution is 5.85. The first-order chi connectivity index (χ1) is 9.36. The molecular weight excluding hydrogens is 268 g/mol. The van der Waals surface area contributed by atoms with Crippen molar-refractivity contribution in [3.8, 4) is 0 Å². The molecule has 1 heterocycles. The number of anilines is 1. The first-order valence-electron chi connectivity index (χ1n) is 6.74. The highest BCUT2D eigenvalue weighted by Gasteiger charge is 2.00. The number of para-hydroxylation sites is 1. The summed E-state index contributed by atoms with van der Waals surface area (Å²) in [5.74, 6) is 0. The van der Waals surface area contributed by atoms with Crippen LogP contribution in [0.2, 0.25) is 0 Å². The van der Waals surface area contributed by atoms with Crippen LogP contribution in [0.15, 0.2) is 54.7 Å². The zero-order valence-electron chi connectivity index (χ0n) is 11.5. The molecule has 1 aromatic heterocycles. The van der Waals surface area contributed by atoms with Gasteiger partial charge in [-0.25, -0.2) is 0 Å². The molecule has 20 heavy (non-hydrogen) atoms. The van der Waals surface area contributed by atoms with Crippen LogP contribution in [0.1, 0.15) is 18.1 Å². The summed E-state index contributed by atoms with van der Waals surface area (Å²) in [6.45, 7) is 3.05. The molecule has 0 saturated carbocycles. The average molecular weight is 287 g/mol. The molecule has 2 nitrogen and oxygen atoms in total. The van der Waals surface area contributed by atoms with Crippen LogP contribution in [-0.2, 0) is 13.0 Å². The average Bonchev–Trinajstić information content (AvgIpc) is 2.93. The molecule has 0 fully saturated rings. The number of nitrogens with one attached hydrogen (secondary N) is 2. The van der Waals surface area contributed by atoms with Crippen molar-refractivity contribution in [1.29, 1.82) is 0 Å². The molecule has 0 radical (unpaired) electrons. The molecular formula is C17H19ClN2. The molecule has 0 aliphatic rings. The number of aromatic nitrogens is 1. The van der Waals surface area contributed by atoms with Gasteiger partial charge in [0.25, 0.3) is 0 Å². The van der Waals surface area contributed by atoms with Crippen molar-refractivity contribution in [2.24, 2.45) is 0 Å². The van der Waals surface area contributed by atoms with Crippen LogP contribution in [0.25, 0.3) is 10.9 Å². The smallest absolute Gasteiger partial charge is 0.0454 e. The lowest BCUT2D eigenvalue weighted by atomic mass is 10.1. The minimum atomic E-state index is 0. The Morgan fingerprint density at radius 1 is 1.05 bits per heavy atom.